The van der Waals surface area contributed by atoms with Crippen molar-refractivity contribution in [1.82, 2.24) is 10.3 Å². The minimum Gasteiger partial charge on any atom is -0.466 e. The Morgan fingerprint density at radius 3 is 2.65 bits per heavy atom. The van der Waals surface area contributed by atoms with Gasteiger partial charge in [0, 0.05) is 11.7 Å². The summed E-state index contributed by atoms with van der Waals surface area (Å²) < 4.78 is 18.5. The molecule has 0 unspecified atom stereocenters. The Kier molecular flexibility index (Phi) is 4.63. The number of halogens is 1. The third-order valence-electron chi connectivity index (χ3n) is 3.76. The summed E-state index contributed by atoms with van der Waals surface area (Å²) in [5.41, 5.74) is 1.12. The van der Waals surface area contributed by atoms with Crippen molar-refractivity contribution in [3.05, 3.63) is 53.5 Å². The van der Waals surface area contributed by atoms with Crippen molar-refractivity contribution < 1.29 is 18.7 Å². The predicted octanol–water partition coefficient (Wildman–Crippen LogP) is 2.67. The van der Waals surface area contributed by atoms with Crippen LogP contribution in [0, 0.1) is 5.82 Å². The number of rotatable bonds is 3. The number of nitrogens with one attached hydrogen (secondary N) is 1. The SMILES string of the molecule is CC(C)(C)NC(=O)c1cnc2c(c1)N(Cc1ccc(F)cc1)C(=O)CO2. The number of pyridine rings is 1. The van der Waals surface area contributed by atoms with Crippen LogP contribution in [0.5, 0.6) is 5.88 Å². The summed E-state index contributed by atoms with van der Waals surface area (Å²) in [6.07, 6.45) is 1.42. The number of fused-ring (bicyclic) bond motifs is 1. The topological polar surface area (TPSA) is 71.5 Å². The maximum atomic E-state index is 13.1. The van der Waals surface area contributed by atoms with Gasteiger partial charge in [-0.1, -0.05) is 12.1 Å². The summed E-state index contributed by atoms with van der Waals surface area (Å²) in [5.74, 6) is -0.589. The molecule has 0 bridgehead atoms. The number of hydrogen-bond acceptors (Lipinski definition) is 4. The van der Waals surface area contributed by atoms with E-state index in [4.69, 9.17) is 4.74 Å². The second-order valence-electron chi connectivity index (χ2n) is 7.15. The van der Waals surface area contributed by atoms with Crippen LogP contribution in [-0.4, -0.2) is 28.9 Å². The van der Waals surface area contributed by atoms with Gasteiger partial charge < -0.3 is 15.0 Å². The number of hydrogen-bond donors (Lipinski definition) is 1. The van der Waals surface area contributed by atoms with E-state index in [9.17, 15) is 14.0 Å². The van der Waals surface area contributed by atoms with E-state index in [-0.39, 0.29) is 30.8 Å². The number of nitrogens with zero attached hydrogens (tertiary/aromatic N) is 2. The van der Waals surface area contributed by atoms with Gasteiger partial charge in [0.1, 0.15) is 11.5 Å². The lowest BCUT2D eigenvalue weighted by Gasteiger charge is -2.29. The predicted molar refractivity (Wildman–Crippen MR) is 94.5 cm³/mol. The first kappa shape index (κ1) is 17.8. The fourth-order valence-corrected chi connectivity index (χ4v) is 2.57. The van der Waals surface area contributed by atoms with Gasteiger partial charge in [-0.15, -0.1) is 0 Å². The molecule has 1 aliphatic heterocycles. The molecule has 0 radical (unpaired) electrons. The normalized spacial score (nSPS) is 13.8. The Labute approximate surface area is 151 Å². The molecule has 2 heterocycles. The van der Waals surface area contributed by atoms with Crippen molar-refractivity contribution in [1.29, 1.82) is 0 Å². The molecule has 136 valence electrons. The number of carbonyl (C=O) groups is 2. The third-order valence-corrected chi connectivity index (χ3v) is 3.76. The van der Waals surface area contributed by atoms with Gasteiger partial charge in [0.2, 0.25) is 5.88 Å². The van der Waals surface area contributed by atoms with Gasteiger partial charge >= 0.3 is 0 Å². The Hall–Kier alpha value is -2.96. The fourth-order valence-electron chi connectivity index (χ4n) is 2.57. The van der Waals surface area contributed by atoms with Crippen molar-refractivity contribution in [2.45, 2.75) is 32.9 Å². The van der Waals surface area contributed by atoms with Crippen molar-refractivity contribution in [3.8, 4) is 5.88 Å². The van der Waals surface area contributed by atoms with Crippen LogP contribution in [-0.2, 0) is 11.3 Å². The monoisotopic (exact) mass is 357 g/mol. The summed E-state index contributed by atoms with van der Waals surface area (Å²) in [6.45, 7) is 5.74. The van der Waals surface area contributed by atoms with E-state index in [1.54, 1.807) is 18.2 Å². The zero-order valence-corrected chi connectivity index (χ0v) is 14.9. The van der Waals surface area contributed by atoms with E-state index in [1.807, 2.05) is 20.8 Å². The Bertz CT molecular complexity index is 844. The van der Waals surface area contributed by atoms with E-state index in [0.29, 0.717) is 17.1 Å². The molecule has 0 atom stereocenters. The summed E-state index contributed by atoms with van der Waals surface area (Å²) >= 11 is 0. The largest absolute Gasteiger partial charge is 0.466 e. The molecule has 0 saturated heterocycles. The molecule has 6 nitrogen and oxygen atoms in total. The van der Waals surface area contributed by atoms with Gasteiger partial charge in [-0.05, 0) is 44.5 Å². The average Bonchev–Trinajstić information content (AvgIpc) is 2.57. The van der Waals surface area contributed by atoms with E-state index in [0.717, 1.165) is 5.56 Å². The lowest BCUT2D eigenvalue weighted by molar-refractivity contribution is -0.121. The molecule has 0 fully saturated rings. The Balaban J connectivity index is 1.91. The maximum absolute atomic E-state index is 13.1. The van der Waals surface area contributed by atoms with Crippen LogP contribution in [0.25, 0.3) is 0 Å². The van der Waals surface area contributed by atoms with Gasteiger partial charge in [-0.25, -0.2) is 9.37 Å². The second-order valence-corrected chi connectivity index (χ2v) is 7.15. The number of ether oxygens (including phenoxy) is 1. The lowest BCUT2D eigenvalue weighted by atomic mass is 10.1. The van der Waals surface area contributed by atoms with Crippen LogP contribution >= 0.6 is 0 Å². The minimum absolute atomic E-state index is 0.130. The highest BCUT2D eigenvalue weighted by atomic mass is 19.1. The van der Waals surface area contributed by atoms with E-state index in [1.165, 1.54) is 23.2 Å². The molecule has 1 aromatic carbocycles. The summed E-state index contributed by atoms with van der Waals surface area (Å²) in [7, 11) is 0. The highest BCUT2D eigenvalue weighted by Crippen LogP contribution is 2.32. The molecule has 0 aliphatic carbocycles. The highest BCUT2D eigenvalue weighted by Gasteiger charge is 2.28. The molecule has 0 spiro atoms. The van der Waals surface area contributed by atoms with E-state index in [2.05, 4.69) is 10.3 Å². The molecule has 26 heavy (non-hydrogen) atoms. The average molecular weight is 357 g/mol. The molecule has 1 aromatic heterocycles. The maximum Gasteiger partial charge on any atom is 0.265 e. The first-order valence-electron chi connectivity index (χ1n) is 8.23. The molecule has 2 aromatic rings. The molecule has 2 amide bonds. The summed E-state index contributed by atoms with van der Waals surface area (Å²) in [4.78, 5) is 30.4. The van der Waals surface area contributed by atoms with Crippen LogP contribution in [0.3, 0.4) is 0 Å². The summed E-state index contributed by atoms with van der Waals surface area (Å²) in [6, 6.07) is 7.49. The standard InChI is InChI=1S/C19H20FN3O3/c1-19(2,3)22-17(25)13-8-15-18(21-9-13)26-11-16(24)23(15)10-12-4-6-14(20)7-5-12/h4-9H,10-11H2,1-3H3,(H,22,25). The number of aromatic nitrogens is 1. The van der Waals surface area contributed by atoms with Crippen molar-refractivity contribution in [2.24, 2.45) is 0 Å². The highest BCUT2D eigenvalue weighted by molar-refractivity contribution is 6.00. The van der Waals surface area contributed by atoms with Crippen LogP contribution in [0.1, 0.15) is 36.7 Å². The molecular formula is C19H20FN3O3. The zero-order chi connectivity index (χ0) is 18.9. The second kappa shape index (κ2) is 6.74. The van der Waals surface area contributed by atoms with Gasteiger partial charge in [-0.2, -0.15) is 0 Å². The van der Waals surface area contributed by atoms with Crippen molar-refractivity contribution in [3.63, 3.8) is 0 Å². The number of benzene rings is 1. The van der Waals surface area contributed by atoms with E-state index < -0.39 is 5.54 Å². The molecule has 3 rings (SSSR count). The minimum atomic E-state index is -0.396. The van der Waals surface area contributed by atoms with E-state index >= 15 is 0 Å². The van der Waals surface area contributed by atoms with Crippen LogP contribution in [0.4, 0.5) is 10.1 Å². The quantitative estimate of drug-likeness (QED) is 0.917. The van der Waals surface area contributed by atoms with Crippen LogP contribution in [0.2, 0.25) is 0 Å². The molecule has 1 aliphatic rings. The third kappa shape index (κ3) is 3.99. The first-order valence-corrected chi connectivity index (χ1v) is 8.23. The smallest absolute Gasteiger partial charge is 0.265 e. The first-order chi connectivity index (χ1) is 12.2. The fraction of sp³-hybridized carbons (Fsp3) is 0.316. The van der Waals surface area contributed by atoms with Crippen molar-refractivity contribution in [2.75, 3.05) is 11.5 Å². The van der Waals surface area contributed by atoms with Crippen LogP contribution in [0.15, 0.2) is 36.5 Å². The van der Waals surface area contributed by atoms with Crippen LogP contribution < -0.4 is 15.0 Å². The van der Waals surface area contributed by atoms with Gasteiger partial charge in [0.25, 0.3) is 11.8 Å². The molecule has 1 N–H and O–H groups in total. The Morgan fingerprint density at radius 1 is 1.31 bits per heavy atom. The van der Waals surface area contributed by atoms with Gasteiger partial charge in [-0.3, -0.25) is 9.59 Å². The van der Waals surface area contributed by atoms with Gasteiger partial charge in [0.15, 0.2) is 6.61 Å². The lowest BCUT2D eigenvalue weighted by Crippen LogP contribution is -2.41. The summed E-state index contributed by atoms with van der Waals surface area (Å²) in [5, 5.41) is 2.86. The molecule has 0 saturated carbocycles. The zero-order valence-electron chi connectivity index (χ0n) is 14.9. The molecular weight excluding hydrogens is 337 g/mol. The number of anilines is 1. The Morgan fingerprint density at radius 2 is 2.00 bits per heavy atom. The number of amides is 2. The number of carbonyl (C=O) groups excluding carboxylic acids is 2. The molecule has 7 heteroatoms. The van der Waals surface area contributed by atoms with Gasteiger partial charge in [0.05, 0.1) is 12.1 Å². The van der Waals surface area contributed by atoms with Crippen molar-refractivity contribution >= 4 is 17.5 Å².